The average molecular weight is 468 g/mol. The molecule has 0 aliphatic rings. The first-order valence-electron chi connectivity index (χ1n) is 10.2. The topological polar surface area (TPSA) is 51.5 Å². The minimum Gasteiger partial charge on any atom is -0.493 e. The minimum absolute atomic E-state index is 0.106. The Morgan fingerprint density at radius 3 is 2.58 bits per heavy atom. The highest BCUT2D eigenvalue weighted by Gasteiger charge is 2.16. The van der Waals surface area contributed by atoms with Gasteiger partial charge in [0.1, 0.15) is 23.0 Å². The third-order valence-electron chi connectivity index (χ3n) is 5.09. The van der Waals surface area contributed by atoms with Crippen molar-refractivity contribution in [2.24, 2.45) is 0 Å². The van der Waals surface area contributed by atoms with Gasteiger partial charge in [-0.05, 0) is 55.3 Å². The fourth-order valence-electron chi connectivity index (χ4n) is 3.53. The highest BCUT2D eigenvalue weighted by molar-refractivity contribution is 6.30. The number of furan rings is 1. The Kier molecular flexibility index (Phi) is 6.47. The summed E-state index contributed by atoms with van der Waals surface area (Å²) in [5.74, 6) is -1.57. The number of rotatable bonds is 6. The Hall–Kier alpha value is -3.64. The summed E-state index contributed by atoms with van der Waals surface area (Å²) in [6, 6.07) is 14.0. The van der Waals surface area contributed by atoms with Crippen molar-refractivity contribution in [1.82, 2.24) is 0 Å². The summed E-state index contributed by atoms with van der Waals surface area (Å²) in [4.78, 5) is 12.5. The SMILES string of the molecule is CCOc1cc2occ(-c3ccc(Cl)cc3)c2cc1/C(C)=C/C(=O)Nc1ccc(F)cc1F. The van der Waals surface area contributed by atoms with Gasteiger partial charge in [-0.15, -0.1) is 0 Å². The zero-order chi connectivity index (χ0) is 23.5. The summed E-state index contributed by atoms with van der Waals surface area (Å²) in [5.41, 5.74) is 3.62. The highest BCUT2D eigenvalue weighted by atomic mass is 35.5. The van der Waals surface area contributed by atoms with E-state index in [0.29, 0.717) is 40.2 Å². The summed E-state index contributed by atoms with van der Waals surface area (Å²) in [6.45, 7) is 4.04. The molecule has 1 aromatic heterocycles. The molecule has 7 heteroatoms. The van der Waals surface area contributed by atoms with E-state index in [1.165, 1.54) is 12.1 Å². The fourth-order valence-corrected chi connectivity index (χ4v) is 3.65. The molecule has 0 atom stereocenters. The maximum Gasteiger partial charge on any atom is 0.248 e. The van der Waals surface area contributed by atoms with Crippen LogP contribution in [0, 0.1) is 11.6 Å². The molecular formula is C26H20ClF2NO3. The largest absolute Gasteiger partial charge is 0.493 e. The van der Waals surface area contributed by atoms with Gasteiger partial charge >= 0.3 is 0 Å². The number of carbonyl (C=O) groups is 1. The molecule has 0 saturated carbocycles. The minimum atomic E-state index is -0.850. The monoisotopic (exact) mass is 467 g/mol. The zero-order valence-corrected chi connectivity index (χ0v) is 18.7. The van der Waals surface area contributed by atoms with Crippen molar-refractivity contribution in [3.63, 3.8) is 0 Å². The van der Waals surface area contributed by atoms with Crippen molar-refractivity contribution in [3.8, 4) is 16.9 Å². The molecule has 0 aliphatic heterocycles. The third-order valence-corrected chi connectivity index (χ3v) is 5.34. The number of benzene rings is 3. The molecule has 1 heterocycles. The van der Waals surface area contributed by atoms with E-state index in [0.717, 1.165) is 22.6 Å². The number of halogens is 3. The van der Waals surface area contributed by atoms with Crippen molar-refractivity contribution in [2.45, 2.75) is 13.8 Å². The standard InChI is InChI=1S/C26H20ClF2NO3/c1-3-32-24-13-25-20(21(14-33-25)16-4-6-17(27)7-5-16)12-19(24)15(2)10-26(31)30-23-9-8-18(28)11-22(23)29/h4-14H,3H2,1-2H3,(H,30,31)/b15-10+. The highest BCUT2D eigenvalue weighted by Crippen LogP contribution is 2.37. The number of nitrogens with one attached hydrogen (secondary N) is 1. The Morgan fingerprint density at radius 1 is 1.12 bits per heavy atom. The Labute approximate surface area is 194 Å². The van der Waals surface area contributed by atoms with Gasteiger partial charge in [0.15, 0.2) is 0 Å². The molecule has 0 radical (unpaired) electrons. The molecule has 0 saturated heterocycles. The van der Waals surface area contributed by atoms with Gasteiger partial charge in [-0.3, -0.25) is 4.79 Å². The third kappa shape index (κ3) is 4.91. The number of hydrogen-bond donors (Lipinski definition) is 1. The van der Waals surface area contributed by atoms with Crippen LogP contribution in [-0.2, 0) is 4.79 Å². The maximum absolute atomic E-state index is 13.9. The number of carbonyl (C=O) groups excluding carboxylic acids is 1. The second-order valence-electron chi connectivity index (χ2n) is 7.37. The van der Waals surface area contributed by atoms with E-state index in [9.17, 15) is 13.6 Å². The second kappa shape index (κ2) is 9.46. The molecular weight excluding hydrogens is 448 g/mol. The van der Waals surface area contributed by atoms with Gasteiger partial charge < -0.3 is 14.5 Å². The average Bonchev–Trinajstić information content (AvgIpc) is 3.18. The first kappa shape index (κ1) is 22.6. The Bertz CT molecular complexity index is 1360. The van der Waals surface area contributed by atoms with E-state index in [1.807, 2.05) is 25.1 Å². The van der Waals surface area contributed by atoms with E-state index in [-0.39, 0.29) is 5.69 Å². The second-order valence-corrected chi connectivity index (χ2v) is 7.81. The first-order chi connectivity index (χ1) is 15.9. The molecule has 4 rings (SSSR count). The molecule has 0 spiro atoms. The quantitative estimate of drug-likeness (QED) is 0.299. The van der Waals surface area contributed by atoms with Crippen LogP contribution in [0.15, 0.2) is 71.4 Å². The van der Waals surface area contributed by atoms with Crippen molar-refractivity contribution in [3.05, 3.63) is 89.2 Å². The molecule has 168 valence electrons. The fraction of sp³-hybridized carbons (Fsp3) is 0.115. The number of fused-ring (bicyclic) bond motifs is 1. The summed E-state index contributed by atoms with van der Waals surface area (Å²) < 4.78 is 38.5. The molecule has 4 nitrogen and oxygen atoms in total. The maximum atomic E-state index is 13.9. The Balaban J connectivity index is 1.72. The summed E-state index contributed by atoms with van der Waals surface area (Å²) in [6.07, 6.45) is 3.00. The van der Waals surface area contributed by atoms with E-state index in [2.05, 4.69) is 5.32 Å². The summed E-state index contributed by atoms with van der Waals surface area (Å²) >= 11 is 6.01. The number of allylic oxidation sites excluding steroid dienone is 1. The molecule has 33 heavy (non-hydrogen) atoms. The smallest absolute Gasteiger partial charge is 0.248 e. The first-order valence-corrected chi connectivity index (χ1v) is 10.6. The number of ether oxygens (including phenoxy) is 1. The van der Waals surface area contributed by atoms with E-state index < -0.39 is 17.5 Å². The molecule has 1 amide bonds. The lowest BCUT2D eigenvalue weighted by Crippen LogP contribution is -2.10. The van der Waals surface area contributed by atoms with Gasteiger partial charge in [-0.2, -0.15) is 0 Å². The van der Waals surface area contributed by atoms with Crippen molar-refractivity contribution in [1.29, 1.82) is 0 Å². The van der Waals surface area contributed by atoms with Gasteiger partial charge in [0.05, 0.1) is 18.6 Å². The van der Waals surface area contributed by atoms with E-state index >= 15 is 0 Å². The van der Waals surface area contributed by atoms with E-state index in [1.54, 1.807) is 31.4 Å². The summed E-state index contributed by atoms with van der Waals surface area (Å²) in [5, 5.41) is 3.91. The Morgan fingerprint density at radius 2 is 1.88 bits per heavy atom. The molecule has 0 fully saturated rings. The molecule has 0 unspecified atom stereocenters. The predicted molar refractivity (Wildman–Crippen MR) is 126 cm³/mol. The van der Waals surface area contributed by atoms with Crippen LogP contribution in [0.3, 0.4) is 0 Å². The number of hydrogen-bond acceptors (Lipinski definition) is 3. The number of anilines is 1. The van der Waals surface area contributed by atoms with Gasteiger partial charge in [0, 0.05) is 39.7 Å². The molecule has 3 aromatic carbocycles. The van der Waals surface area contributed by atoms with Gasteiger partial charge in [0.25, 0.3) is 0 Å². The van der Waals surface area contributed by atoms with Crippen LogP contribution in [0.1, 0.15) is 19.4 Å². The van der Waals surface area contributed by atoms with Crippen LogP contribution < -0.4 is 10.1 Å². The molecule has 4 aromatic rings. The number of amides is 1. The van der Waals surface area contributed by atoms with Crippen LogP contribution >= 0.6 is 11.6 Å². The van der Waals surface area contributed by atoms with Crippen LogP contribution in [0.2, 0.25) is 5.02 Å². The molecule has 1 N–H and O–H groups in total. The van der Waals surface area contributed by atoms with Crippen LogP contribution in [0.4, 0.5) is 14.5 Å². The van der Waals surface area contributed by atoms with Crippen LogP contribution in [0.25, 0.3) is 27.7 Å². The van der Waals surface area contributed by atoms with Crippen molar-refractivity contribution < 1.29 is 22.7 Å². The van der Waals surface area contributed by atoms with Crippen molar-refractivity contribution in [2.75, 3.05) is 11.9 Å². The lowest BCUT2D eigenvalue weighted by molar-refractivity contribution is -0.111. The lowest BCUT2D eigenvalue weighted by Gasteiger charge is -2.12. The molecule has 0 aliphatic carbocycles. The van der Waals surface area contributed by atoms with Gasteiger partial charge in [-0.1, -0.05) is 23.7 Å². The predicted octanol–water partition coefficient (Wildman–Crippen LogP) is 7.47. The van der Waals surface area contributed by atoms with Gasteiger partial charge in [0.2, 0.25) is 5.91 Å². The van der Waals surface area contributed by atoms with Crippen LogP contribution in [-0.4, -0.2) is 12.5 Å². The van der Waals surface area contributed by atoms with Crippen LogP contribution in [0.5, 0.6) is 5.75 Å². The lowest BCUT2D eigenvalue weighted by atomic mass is 9.99. The van der Waals surface area contributed by atoms with Crippen molar-refractivity contribution >= 4 is 39.7 Å². The zero-order valence-electron chi connectivity index (χ0n) is 17.9. The molecule has 0 bridgehead atoms. The van der Waals surface area contributed by atoms with E-state index in [4.69, 9.17) is 20.8 Å². The normalized spacial score (nSPS) is 11.6. The van der Waals surface area contributed by atoms with Gasteiger partial charge in [-0.25, -0.2) is 8.78 Å². The summed E-state index contributed by atoms with van der Waals surface area (Å²) in [7, 11) is 0.